The molecule has 1 N–H and O–H groups in total. The fourth-order valence-electron chi connectivity index (χ4n) is 6.66. The summed E-state index contributed by atoms with van der Waals surface area (Å²) in [6.45, 7) is 2.02. The van der Waals surface area contributed by atoms with Gasteiger partial charge in [0, 0.05) is 11.8 Å². The number of ketones is 1. The predicted molar refractivity (Wildman–Crippen MR) is 101 cm³/mol. The lowest BCUT2D eigenvalue weighted by molar-refractivity contribution is -0.116. The van der Waals surface area contributed by atoms with Gasteiger partial charge in [0.2, 0.25) is 0 Å². The minimum atomic E-state index is -4.67. The van der Waals surface area contributed by atoms with Crippen LogP contribution in [0.2, 0.25) is 0 Å². The Morgan fingerprint density at radius 1 is 1.30 bits per heavy atom. The first-order chi connectivity index (χ1) is 12.8. The first-order valence-corrected chi connectivity index (χ1v) is 11.2. The van der Waals surface area contributed by atoms with Crippen LogP contribution in [0.25, 0.3) is 0 Å². The van der Waals surface area contributed by atoms with Crippen molar-refractivity contribution in [1.29, 1.82) is 0 Å². The van der Waals surface area contributed by atoms with E-state index in [0.29, 0.717) is 30.6 Å². The second-order valence-electron chi connectivity index (χ2n) is 8.52. The second kappa shape index (κ2) is 6.30. The van der Waals surface area contributed by atoms with E-state index in [2.05, 4.69) is 5.92 Å². The summed E-state index contributed by atoms with van der Waals surface area (Å²) in [6.07, 6.45) is 17.2. The van der Waals surface area contributed by atoms with E-state index in [9.17, 15) is 17.8 Å². The molecule has 5 nitrogen and oxygen atoms in total. The molecule has 0 aromatic rings. The highest BCUT2D eigenvalue weighted by atomic mass is 32.3. The third-order valence-electron chi connectivity index (χ3n) is 7.74. The number of carbonyl (C=O) groups excluding carboxylic acids is 1. The minimum Gasteiger partial charge on any atom is -0.295 e. The maximum atomic E-state index is 11.8. The molecule has 6 heteroatoms. The molecule has 0 bridgehead atoms. The van der Waals surface area contributed by atoms with E-state index in [1.165, 1.54) is 5.57 Å². The van der Waals surface area contributed by atoms with Gasteiger partial charge in [-0.2, -0.15) is 8.42 Å². The summed E-state index contributed by atoms with van der Waals surface area (Å²) in [5.74, 6) is 4.28. The maximum absolute atomic E-state index is 11.8. The average molecular weight is 391 g/mol. The van der Waals surface area contributed by atoms with Crippen LogP contribution in [-0.2, 0) is 19.4 Å². The SMILES string of the molecule is C#C[C@@]1(OS(=O)(=O)O)C=C[C@@H]2[C@H]3CCC4=CC(=O)CC[C@H]4[C@@H]3CC[C@]21CC. The van der Waals surface area contributed by atoms with Crippen molar-refractivity contribution < 1.29 is 21.9 Å². The van der Waals surface area contributed by atoms with E-state index in [1.807, 2.05) is 19.1 Å². The van der Waals surface area contributed by atoms with Crippen LogP contribution in [0.3, 0.4) is 0 Å². The van der Waals surface area contributed by atoms with E-state index >= 15 is 0 Å². The molecule has 27 heavy (non-hydrogen) atoms. The zero-order chi connectivity index (χ0) is 19.4. The summed E-state index contributed by atoms with van der Waals surface area (Å²) in [5.41, 5.74) is -0.649. The number of carbonyl (C=O) groups is 1. The third kappa shape index (κ3) is 2.74. The van der Waals surface area contributed by atoms with Crippen LogP contribution in [0.4, 0.5) is 0 Å². The monoisotopic (exact) mass is 390 g/mol. The molecule has 0 unspecified atom stereocenters. The Morgan fingerprint density at radius 3 is 2.74 bits per heavy atom. The highest BCUT2D eigenvalue weighted by Gasteiger charge is 2.63. The van der Waals surface area contributed by atoms with Crippen molar-refractivity contribution in [2.75, 3.05) is 0 Å². The van der Waals surface area contributed by atoms with Crippen molar-refractivity contribution in [3.63, 3.8) is 0 Å². The van der Waals surface area contributed by atoms with Gasteiger partial charge in [0.05, 0.1) is 0 Å². The van der Waals surface area contributed by atoms with Gasteiger partial charge in [-0.05, 0) is 74.3 Å². The topological polar surface area (TPSA) is 80.7 Å². The van der Waals surface area contributed by atoms with Gasteiger partial charge in [0.15, 0.2) is 11.4 Å². The summed E-state index contributed by atoms with van der Waals surface area (Å²) >= 11 is 0. The zero-order valence-electron chi connectivity index (χ0n) is 15.6. The summed E-state index contributed by atoms with van der Waals surface area (Å²) in [6, 6.07) is 0. The van der Waals surface area contributed by atoms with Crippen LogP contribution in [0.1, 0.15) is 51.9 Å². The van der Waals surface area contributed by atoms with E-state index < -0.39 is 21.4 Å². The van der Waals surface area contributed by atoms with Crippen LogP contribution >= 0.6 is 0 Å². The Morgan fingerprint density at radius 2 is 2.07 bits per heavy atom. The Bertz CT molecular complexity index is 863. The Kier molecular flexibility index (Phi) is 4.41. The Hall–Kier alpha value is -1.42. The molecule has 0 aromatic carbocycles. The zero-order valence-corrected chi connectivity index (χ0v) is 16.4. The summed E-state index contributed by atoms with van der Waals surface area (Å²) < 4.78 is 37.6. The lowest BCUT2D eigenvalue weighted by Crippen LogP contribution is -2.55. The molecule has 2 fully saturated rings. The van der Waals surface area contributed by atoms with Crippen LogP contribution in [0.15, 0.2) is 23.8 Å². The van der Waals surface area contributed by atoms with Gasteiger partial charge in [0.25, 0.3) is 0 Å². The number of hydrogen-bond acceptors (Lipinski definition) is 4. The van der Waals surface area contributed by atoms with Gasteiger partial charge in [-0.1, -0.05) is 24.5 Å². The number of terminal acetylenes is 1. The van der Waals surface area contributed by atoms with Gasteiger partial charge < -0.3 is 0 Å². The van der Waals surface area contributed by atoms with Gasteiger partial charge >= 0.3 is 10.4 Å². The fourth-order valence-corrected chi connectivity index (χ4v) is 7.26. The lowest BCUT2D eigenvalue weighted by atomic mass is 9.49. The highest BCUT2D eigenvalue weighted by Crippen LogP contribution is 2.64. The van der Waals surface area contributed by atoms with E-state index in [4.69, 9.17) is 10.6 Å². The van der Waals surface area contributed by atoms with Crippen molar-refractivity contribution in [1.82, 2.24) is 0 Å². The number of rotatable bonds is 3. The predicted octanol–water partition coefficient (Wildman–Crippen LogP) is 3.49. The second-order valence-corrected chi connectivity index (χ2v) is 9.54. The Labute approximate surface area is 161 Å². The van der Waals surface area contributed by atoms with Crippen molar-refractivity contribution in [2.24, 2.45) is 29.1 Å². The molecule has 2 saturated carbocycles. The van der Waals surface area contributed by atoms with Crippen LogP contribution < -0.4 is 0 Å². The third-order valence-corrected chi connectivity index (χ3v) is 8.21. The standard InChI is InChI=1S/C21H26O5S/c1-3-20-11-9-17-16-8-6-15(22)13-14(16)5-7-18(17)19(20)10-12-21(20,4-2)26-27(23,24)25/h2,10,12-13,16-19H,3,5-9,11H2,1H3,(H,23,24,25)/t16-,17+,18+,19-,20-,21-/m1/s1. The van der Waals surface area contributed by atoms with Crippen LogP contribution in [0.5, 0.6) is 0 Å². The Balaban J connectivity index is 1.70. The summed E-state index contributed by atoms with van der Waals surface area (Å²) in [4.78, 5) is 11.8. The molecule has 4 rings (SSSR count). The molecule has 0 saturated heterocycles. The first-order valence-electron chi connectivity index (χ1n) is 9.84. The van der Waals surface area contributed by atoms with Gasteiger partial charge in [-0.15, -0.1) is 6.42 Å². The minimum absolute atomic E-state index is 0.123. The van der Waals surface area contributed by atoms with E-state index in [-0.39, 0.29) is 11.7 Å². The normalized spacial score (nSPS) is 43.3. The van der Waals surface area contributed by atoms with Crippen LogP contribution in [0, 0.1) is 41.4 Å². The van der Waals surface area contributed by atoms with Crippen LogP contribution in [-0.4, -0.2) is 24.4 Å². The summed E-state index contributed by atoms with van der Waals surface area (Å²) in [7, 11) is -4.67. The van der Waals surface area contributed by atoms with Crippen molar-refractivity contribution in [3.8, 4) is 12.3 Å². The fraction of sp³-hybridized carbons (Fsp3) is 0.667. The molecular weight excluding hydrogens is 364 g/mol. The molecule has 0 aromatic heterocycles. The summed E-state index contributed by atoms with van der Waals surface area (Å²) in [5, 5.41) is 0. The molecule has 0 radical (unpaired) electrons. The molecule has 0 heterocycles. The maximum Gasteiger partial charge on any atom is 0.399 e. The van der Waals surface area contributed by atoms with Gasteiger partial charge in [0.1, 0.15) is 0 Å². The van der Waals surface area contributed by atoms with Gasteiger partial charge in [-0.25, -0.2) is 4.18 Å². The highest BCUT2D eigenvalue weighted by molar-refractivity contribution is 7.81. The number of hydrogen-bond donors (Lipinski definition) is 1. The largest absolute Gasteiger partial charge is 0.399 e. The van der Waals surface area contributed by atoms with E-state index in [0.717, 1.165) is 32.1 Å². The number of fused-ring (bicyclic) bond motifs is 5. The van der Waals surface area contributed by atoms with Crippen molar-refractivity contribution in [3.05, 3.63) is 23.8 Å². The molecule has 0 spiro atoms. The quantitative estimate of drug-likeness (QED) is 0.453. The molecule has 0 aliphatic heterocycles. The smallest absolute Gasteiger partial charge is 0.295 e. The molecule has 0 amide bonds. The number of allylic oxidation sites excluding steroid dienone is 3. The average Bonchev–Trinajstić information content (AvgIpc) is 2.94. The lowest BCUT2D eigenvalue weighted by Gasteiger charge is -2.56. The molecule has 4 aliphatic carbocycles. The van der Waals surface area contributed by atoms with Crippen molar-refractivity contribution in [2.45, 2.75) is 57.5 Å². The van der Waals surface area contributed by atoms with Crippen molar-refractivity contribution >= 4 is 16.2 Å². The van der Waals surface area contributed by atoms with Gasteiger partial charge in [-0.3, -0.25) is 9.35 Å². The molecule has 6 atom stereocenters. The molecule has 4 aliphatic rings. The molecule has 146 valence electrons. The first kappa shape index (κ1) is 18.9. The molecular formula is C21H26O5S. The van der Waals surface area contributed by atoms with E-state index in [1.54, 1.807) is 6.08 Å².